The van der Waals surface area contributed by atoms with E-state index in [4.69, 9.17) is 5.73 Å². The molecular weight excluding hydrogens is 241 g/mol. The Balaban J connectivity index is 2.29. The largest absolute Gasteiger partial charge is 0.330 e. The Morgan fingerprint density at radius 1 is 1.11 bits per heavy atom. The number of hydrogen-bond acceptors (Lipinski definition) is 2. The molecule has 0 saturated carbocycles. The Bertz CT molecular complexity index is 718. The molecule has 0 amide bonds. The molecule has 0 fully saturated rings. The quantitative estimate of drug-likeness (QED) is 0.781. The predicted octanol–water partition coefficient (Wildman–Crippen LogP) is 2.64. The van der Waals surface area contributed by atoms with E-state index in [0.29, 0.717) is 18.5 Å². The normalized spacial score (nSPS) is 11.1. The lowest BCUT2D eigenvalue weighted by molar-refractivity contribution is 0.630. The minimum absolute atomic E-state index is 0.234. The molecule has 0 saturated heterocycles. The van der Waals surface area contributed by atoms with Gasteiger partial charge in [0.05, 0.1) is 17.4 Å². The van der Waals surface area contributed by atoms with E-state index in [1.807, 2.05) is 28.7 Å². The van der Waals surface area contributed by atoms with Gasteiger partial charge in [-0.2, -0.15) is 0 Å². The maximum Gasteiger partial charge on any atom is 0.132 e. The van der Waals surface area contributed by atoms with E-state index in [-0.39, 0.29) is 5.82 Å². The average Bonchev–Trinajstić information content (AvgIpc) is 2.83. The molecule has 3 aromatic rings. The summed E-state index contributed by atoms with van der Waals surface area (Å²) in [6.07, 6.45) is 2.45. The number of halogens is 1. The molecule has 0 atom stereocenters. The van der Waals surface area contributed by atoms with Crippen LogP contribution in [0.2, 0.25) is 0 Å². The van der Waals surface area contributed by atoms with Gasteiger partial charge in [0.15, 0.2) is 0 Å². The maximum atomic E-state index is 14.0. The monoisotopic (exact) mass is 255 g/mol. The van der Waals surface area contributed by atoms with Crippen molar-refractivity contribution in [3.8, 4) is 11.3 Å². The second kappa shape index (κ2) is 4.82. The van der Waals surface area contributed by atoms with E-state index in [0.717, 1.165) is 17.0 Å². The van der Waals surface area contributed by atoms with Crippen molar-refractivity contribution in [2.75, 3.05) is 6.54 Å². The molecule has 0 bridgehead atoms. The molecular formula is C15H14FN3. The highest BCUT2D eigenvalue weighted by Crippen LogP contribution is 2.24. The molecule has 1 aromatic carbocycles. The number of imidazole rings is 1. The fourth-order valence-electron chi connectivity index (χ4n) is 2.30. The molecule has 4 heteroatoms. The van der Waals surface area contributed by atoms with Crippen molar-refractivity contribution in [3.63, 3.8) is 0 Å². The van der Waals surface area contributed by atoms with Crippen molar-refractivity contribution in [2.45, 2.75) is 6.42 Å². The molecule has 0 aliphatic carbocycles. The number of benzene rings is 1. The lowest BCUT2D eigenvalue weighted by Gasteiger charge is -2.09. The molecule has 19 heavy (non-hydrogen) atoms. The molecule has 0 spiro atoms. The SMILES string of the molecule is NCCc1ncc2cccc(-c3ccccc3F)n12. The van der Waals surface area contributed by atoms with Gasteiger partial charge in [0.25, 0.3) is 0 Å². The first-order chi connectivity index (χ1) is 9.31. The maximum absolute atomic E-state index is 14.0. The van der Waals surface area contributed by atoms with Crippen molar-refractivity contribution in [1.29, 1.82) is 0 Å². The fourth-order valence-corrected chi connectivity index (χ4v) is 2.30. The van der Waals surface area contributed by atoms with E-state index in [2.05, 4.69) is 4.98 Å². The van der Waals surface area contributed by atoms with Crippen LogP contribution in [0, 0.1) is 5.82 Å². The first-order valence-electron chi connectivity index (χ1n) is 6.21. The number of fused-ring (bicyclic) bond motifs is 1. The predicted molar refractivity (Wildman–Crippen MR) is 73.3 cm³/mol. The van der Waals surface area contributed by atoms with Gasteiger partial charge in [-0.25, -0.2) is 9.37 Å². The topological polar surface area (TPSA) is 43.3 Å². The zero-order chi connectivity index (χ0) is 13.2. The van der Waals surface area contributed by atoms with Gasteiger partial charge < -0.3 is 5.73 Å². The summed E-state index contributed by atoms with van der Waals surface area (Å²) in [5.41, 5.74) is 7.93. The number of hydrogen-bond donors (Lipinski definition) is 1. The second-order valence-corrected chi connectivity index (χ2v) is 4.36. The molecule has 3 nitrogen and oxygen atoms in total. The smallest absolute Gasteiger partial charge is 0.132 e. The number of pyridine rings is 1. The molecule has 0 radical (unpaired) electrons. The van der Waals surface area contributed by atoms with E-state index in [1.54, 1.807) is 18.3 Å². The van der Waals surface area contributed by atoms with Crippen LogP contribution in [0.1, 0.15) is 5.82 Å². The van der Waals surface area contributed by atoms with Gasteiger partial charge in [0.2, 0.25) is 0 Å². The number of nitrogens with two attached hydrogens (primary N) is 1. The molecule has 0 unspecified atom stereocenters. The number of aromatic nitrogens is 2. The van der Waals surface area contributed by atoms with Crippen LogP contribution in [-0.4, -0.2) is 15.9 Å². The summed E-state index contributed by atoms with van der Waals surface area (Å²) in [6.45, 7) is 0.519. The van der Waals surface area contributed by atoms with Crippen LogP contribution < -0.4 is 5.73 Å². The van der Waals surface area contributed by atoms with Crippen molar-refractivity contribution < 1.29 is 4.39 Å². The molecule has 2 aromatic heterocycles. The molecule has 2 N–H and O–H groups in total. The van der Waals surface area contributed by atoms with Gasteiger partial charge in [-0.15, -0.1) is 0 Å². The summed E-state index contributed by atoms with van der Waals surface area (Å²) >= 11 is 0. The van der Waals surface area contributed by atoms with Crippen LogP contribution in [0.5, 0.6) is 0 Å². The molecule has 2 heterocycles. The lowest BCUT2D eigenvalue weighted by Crippen LogP contribution is -2.07. The third-order valence-corrected chi connectivity index (χ3v) is 3.14. The van der Waals surface area contributed by atoms with Crippen molar-refractivity contribution in [1.82, 2.24) is 9.38 Å². The average molecular weight is 255 g/mol. The second-order valence-electron chi connectivity index (χ2n) is 4.36. The zero-order valence-electron chi connectivity index (χ0n) is 10.4. The highest BCUT2D eigenvalue weighted by molar-refractivity contribution is 5.65. The van der Waals surface area contributed by atoms with Gasteiger partial charge in [-0.3, -0.25) is 4.40 Å². The molecule has 96 valence electrons. The van der Waals surface area contributed by atoms with E-state index >= 15 is 0 Å². The Morgan fingerprint density at radius 3 is 2.74 bits per heavy atom. The number of rotatable bonds is 3. The van der Waals surface area contributed by atoms with Crippen LogP contribution in [0.25, 0.3) is 16.8 Å². The third-order valence-electron chi connectivity index (χ3n) is 3.14. The van der Waals surface area contributed by atoms with Gasteiger partial charge >= 0.3 is 0 Å². The van der Waals surface area contributed by atoms with Gasteiger partial charge in [-0.05, 0) is 30.8 Å². The Kier molecular flexibility index (Phi) is 3.01. The fraction of sp³-hybridized carbons (Fsp3) is 0.133. The van der Waals surface area contributed by atoms with Gasteiger partial charge in [-0.1, -0.05) is 18.2 Å². The van der Waals surface area contributed by atoms with Crippen LogP contribution >= 0.6 is 0 Å². The highest BCUT2D eigenvalue weighted by atomic mass is 19.1. The summed E-state index contributed by atoms with van der Waals surface area (Å²) in [5, 5.41) is 0. The minimum atomic E-state index is -0.234. The van der Waals surface area contributed by atoms with Crippen molar-refractivity contribution in [2.24, 2.45) is 5.73 Å². The summed E-state index contributed by atoms with van der Waals surface area (Å²) in [6, 6.07) is 12.5. The standard InChI is InChI=1S/C15H14FN3/c16-13-6-2-1-5-12(13)14-7-3-4-11-10-18-15(8-9-17)19(11)14/h1-7,10H,8-9,17H2. The molecule has 3 rings (SSSR count). The first kappa shape index (κ1) is 11.9. The van der Waals surface area contributed by atoms with Crippen LogP contribution in [0.15, 0.2) is 48.7 Å². The summed E-state index contributed by atoms with van der Waals surface area (Å²) in [5.74, 6) is 0.624. The first-order valence-corrected chi connectivity index (χ1v) is 6.21. The van der Waals surface area contributed by atoms with Crippen LogP contribution in [0.4, 0.5) is 4.39 Å². The highest BCUT2D eigenvalue weighted by Gasteiger charge is 2.11. The molecule has 0 aliphatic heterocycles. The van der Waals surface area contributed by atoms with Gasteiger partial charge in [0.1, 0.15) is 11.6 Å². The minimum Gasteiger partial charge on any atom is -0.330 e. The summed E-state index contributed by atoms with van der Waals surface area (Å²) in [4.78, 5) is 4.36. The van der Waals surface area contributed by atoms with Gasteiger partial charge in [0, 0.05) is 12.0 Å². The van der Waals surface area contributed by atoms with E-state index < -0.39 is 0 Å². The summed E-state index contributed by atoms with van der Waals surface area (Å²) < 4.78 is 15.9. The van der Waals surface area contributed by atoms with E-state index in [9.17, 15) is 4.39 Å². The number of nitrogens with zero attached hydrogens (tertiary/aromatic N) is 2. The Labute approximate surface area is 110 Å². The lowest BCUT2D eigenvalue weighted by atomic mass is 10.1. The van der Waals surface area contributed by atoms with E-state index in [1.165, 1.54) is 6.07 Å². The van der Waals surface area contributed by atoms with Crippen molar-refractivity contribution in [3.05, 3.63) is 60.3 Å². The summed E-state index contributed by atoms with van der Waals surface area (Å²) in [7, 11) is 0. The van der Waals surface area contributed by atoms with Crippen LogP contribution in [-0.2, 0) is 6.42 Å². The third kappa shape index (κ3) is 2.00. The Hall–Kier alpha value is -2.20. The van der Waals surface area contributed by atoms with Crippen molar-refractivity contribution >= 4 is 5.52 Å². The molecule has 0 aliphatic rings. The van der Waals surface area contributed by atoms with Crippen LogP contribution in [0.3, 0.4) is 0 Å². The Morgan fingerprint density at radius 2 is 1.95 bits per heavy atom. The zero-order valence-corrected chi connectivity index (χ0v) is 10.4.